The molecule has 0 aliphatic heterocycles. The van der Waals surface area contributed by atoms with Gasteiger partial charge in [-0.25, -0.2) is 0 Å². The molecule has 0 fully saturated rings. The molecular formula is C17H30Cl2N4O2. The van der Waals surface area contributed by atoms with E-state index in [2.05, 4.69) is 10.6 Å². The van der Waals surface area contributed by atoms with E-state index in [1.54, 1.807) is 12.1 Å². The lowest BCUT2D eigenvalue weighted by atomic mass is 10.0. The fourth-order valence-corrected chi connectivity index (χ4v) is 1.88. The first-order chi connectivity index (χ1) is 10.8. The number of carbonyl (C=O) groups is 2. The molecule has 1 aromatic carbocycles. The first-order valence-electron chi connectivity index (χ1n) is 7.86. The predicted molar refractivity (Wildman–Crippen MR) is 106 cm³/mol. The molecule has 0 spiro atoms. The molecule has 8 heteroatoms. The van der Waals surface area contributed by atoms with Crippen molar-refractivity contribution in [2.45, 2.75) is 26.4 Å². The zero-order valence-corrected chi connectivity index (χ0v) is 16.9. The Balaban J connectivity index is 0. The molecule has 0 radical (unpaired) electrons. The lowest BCUT2D eigenvalue weighted by Crippen LogP contribution is -2.43. The van der Waals surface area contributed by atoms with E-state index in [0.29, 0.717) is 18.7 Å². The predicted octanol–water partition coefficient (Wildman–Crippen LogP) is 1.42. The van der Waals surface area contributed by atoms with Crippen molar-refractivity contribution in [1.29, 1.82) is 0 Å². The van der Waals surface area contributed by atoms with Gasteiger partial charge in [0.25, 0.3) is 5.91 Å². The van der Waals surface area contributed by atoms with Crippen molar-refractivity contribution in [3.05, 3.63) is 35.4 Å². The maximum absolute atomic E-state index is 12.0. The van der Waals surface area contributed by atoms with Crippen LogP contribution in [0.25, 0.3) is 0 Å². The molecule has 144 valence electrons. The third kappa shape index (κ3) is 9.65. The van der Waals surface area contributed by atoms with Gasteiger partial charge in [0.15, 0.2) is 0 Å². The highest BCUT2D eigenvalue weighted by atomic mass is 35.5. The van der Waals surface area contributed by atoms with Gasteiger partial charge in [0, 0.05) is 25.2 Å². The van der Waals surface area contributed by atoms with Crippen molar-refractivity contribution in [1.82, 2.24) is 15.5 Å². The first kappa shape index (κ1) is 25.9. The lowest BCUT2D eigenvalue weighted by molar-refractivity contribution is -0.123. The van der Waals surface area contributed by atoms with Crippen LogP contribution in [0.1, 0.15) is 29.8 Å². The SMILES string of the molecule is CC(C)[C@H](N)C(=O)NCc1ccc(C(=O)NCCN(C)C)cc1.Cl.Cl. The molecule has 0 bridgehead atoms. The van der Waals surface area contributed by atoms with Crippen molar-refractivity contribution >= 4 is 36.6 Å². The zero-order valence-electron chi connectivity index (χ0n) is 15.2. The Morgan fingerprint density at radius 3 is 2.12 bits per heavy atom. The summed E-state index contributed by atoms with van der Waals surface area (Å²) in [5.74, 6) is -0.155. The number of amides is 2. The summed E-state index contributed by atoms with van der Waals surface area (Å²) in [4.78, 5) is 25.8. The molecule has 2 amide bonds. The van der Waals surface area contributed by atoms with E-state index < -0.39 is 6.04 Å². The van der Waals surface area contributed by atoms with Crippen LogP contribution in [0.2, 0.25) is 0 Å². The maximum Gasteiger partial charge on any atom is 0.251 e. The highest BCUT2D eigenvalue weighted by Crippen LogP contribution is 2.05. The Bertz CT molecular complexity index is 522. The number of nitrogens with zero attached hydrogens (tertiary/aromatic N) is 1. The number of nitrogens with one attached hydrogen (secondary N) is 2. The summed E-state index contributed by atoms with van der Waals surface area (Å²) in [7, 11) is 3.92. The van der Waals surface area contributed by atoms with Gasteiger partial charge < -0.3 is 21.3 Å². The largest absolute Gasteiger partial charge is 0.351 e. The van der Waals surface area contributed by atoms with Crippen LogP contribution in [0.5, 0.6) is 0 Å². The quantitative estimate of drug-likeness (QED) is 0.624. The Morgan fingerprint density at radius 2 is 1.64 bits per heavy atom. The van der Waals surface area contributed by atoms with Crippen LogP contribution in [0.4, 0.5) is 0 Å². The fourth-order valence-electron chi connectivity index (χ4n) is 1.88. The van der Waals surface area contributed by atoms with Gasteiger partial charge in [0.2, 0.25) is 5.91 Å². The summed E-state index contributed by atoms with van der Waals surface area (Å²) in [6.45, 7) is 5.63. The highest BCUT2D eigenvalue weighted by molar-refractivity contribution is 5.94. The number of carbonyl (C=O) groups excluding carboxylic acids is 2. The molecule has 0 aliphatic carbocycles. The Kier molecular flexibility index (Phi) is 13.4. The van der Waals surface area contributed by atoms with Gasteiger partial charge in [-0.15, -0.1) is 24.8 Å². The molecule has 4 N–H and O–H groups in total. The number of hydrogen-bond acceptors (Lipinski definition) is 4. The molecule has 0 heterocycles. The van der Waals surface area contributed by atoms with Crippen LogP contribution < -0.4 is 16.4 Å². The Labute approximate surface area is 162 Å². The third-order valence-electron chi connectivity index (χ3n) is 3.55. The second kappa shape index (κ2) is 12.9. The molecule has 0 aliphatic rings. The molecule has 1 rings (SSSR count). The van der Waals surface area contributed by atoms with Crippen LogP contribution in [0.15, 0.2) is 24.3 Å². The molecule has 0 aromatic heterocycles. The van der Waals surface area contributed by atoms with E-state index in [9.17, 15) is 9.59 Å². The van der Waals surface area contributed by atoms with Gasteiger partial charge >= 0.3 is 0 Å². The zero-order chi connectivity index (χ0) is 17.4. The Morgan fingerprint density at radius 1 is 1.08 bits per heavy atom. The van der Waals surface area contributed by atoms with Gasteiger partial charge in [-0.3, -0.25) is 9.59 Å². The molecule has 0 saturated heterocycles. The van der Waals surface area contributed by atoms with Gasteiger partial charge in [0.05, 0.1) is 6.04 Å². The van der Waals surface area contributed by atoms with E-state index in [4.69, 9.17) is 5.73 Å². The first-order valence-corrected chi connectivity index (χ1v) is 7.86. The highest BCUT2D eigenvalue weighted by Gasteiger charge is 2.16. The summed E-state index contributed by atoms with van der Waals surface area (Å²) in [6, 6.07) is 6.69. The van der Waals surface area contributed by atoms with Crippen LogP contribution in [0.3, 0.4) is 0 Å². The molecule has 0 unspecified atom stereocenters. The summed E-state index contributed by atoms with van der Waals surface area (Å²) in [6.07, 6.45) is 0. The van der Waals surface area contributed by atoms with E-state index in [-0.39, 0.29) is 42.5 Å². The van der Waals surface area contributed by atoms with Gasteiger partial charge in [0.1, 0.15) is 0 Å². The second-order valence-electron chi connectivity index (χ2n) is 6.24. The topological polar surface area (TPSA) is 87.5 Å². The average Bonchev–Trinajstić information content (AvgIpc) is 2.51. The smallest absolute Gasteiger partial charge is 0.251 e. The van der Waals surface area contributed by atoms with Gasteiger partial charge in [-0.2, -0.15) is 0 Å². The summed E-state index contributed by atoms with van der Waals surface area (Å²) < 4.78 is 0. The lowest BCUT2D eigenvalue weighted by Gasteiger charge is -2.15. The van der Waals surface area contributed by atoms with Crippen LogP contribution in [0, 0.1) is 5.92 Å². The molecule has 25 heavy (non-hydrogen) atoms. The number of likely N-dealkylation sites (N-methyl/N-ethyl adjacent to an activating group) is 1. The molecule has 0 saturated carbocycles. The minimum absolute atomic E-state index is 0. The molecule has 6 nitrogen and oxygen atoms in total. The van der Waals surface area contributed by atoms with E-state index >= 15 is 0 Å². The van der Waals surface area contributed by atoms with E-state index in [1.807, 2.05) is 45.0 Å². The second-order valence-corrected chi connectivity index (χ2v) is 6.24. The number of nitrogens with two attached hydrogens (primary N) is 1. The maximum atomic E-state index is 12.0. The standard InChI is InChI=1S/C17H28N4O2.2ClH/c1-12(2)15(18)17(23)20-11-13-5-7-14(8-6-13)16(22)19-9-10-21(3)4;;/h5-8,12,15H,9-11,18H2,1-4H3,(H,19,22)(H,20,23);2*1H/t15-;;/m0../s1. The van der Waals surface area contributed by atoms with Crippen molar-refractivity contribution in [3.8, 4) is 0 Å². The van der Waals surface area contributed by atoms with Crippen LogP contribution in [-0.2, 0) is 11.3 Å². The minimum Gasteiger partial charge on any atom is -0.351 e. The number of rotatable bonds is 8. The van der Waals surface area contributed by atoms with E-state index in [0.717, 1.165) is 12.1 Å². The molecular weight excluding hydrogens is 363 g/mol. The average molecular weight is 393 g/mol. The van der Waals surface area contributed by atoms with E-state index in [1.165, 1.54) is 0 Å². The number of benzene rings is 1. The Hall–Kier alpha value is -1.34. The van der Waals surface area contributed by atoms with Crippen LogP contribution in [-0.4, -0.2) is 49.9 Å². The number of hydrogen-bond donors (Lipinski definition) is 3. The summed E-state index contributed by atoms with van der Waals surface area (Å²) in [5, 5.41) is 5.67. The fraction of sp³-hybridized carbons (Fsp3) is 0.529. The van der Waals surface area contributed by atoms with Crippen molar-refractivity contribution in [3.63, 3.8) is 0 Å². The molecule has 1 aromatic rings. The van der Waals surface area contributed by atoms with Crippen molar-refractivity contribution in [2.75, 3.05) is 27.2 Å². The minimum atomic E-state index is -0.503. The summed E-state index contributed by atoms with van der Waals surface area (Å²) in [5.41, 5.74) is 7.33. The van der Waals surface area contributed by atoms with Crippen molar-refractivity contribution in [2.24, 2.45) is 11.7 Å². The van der Waals surface area contributed by atoms with Crippen molar-refractivity contribution < 1.29 is 9.59 Å². The number of halogens is 2. The monoisotopic (exact) mass is 392 g/mol. The molecule has 1 atom stereocenters. The normalized spacial score (nSPS) is 11.3. The van der Waals surface area contributed by atoms with Gasteiger partial charge in [-0.05, 0) is 37.7 Å². The van der Waals surface area contributed by atoms with Crippen LogP contribution >= 0.6 is 24.8 Å². The third-order valence-corrected chi connectivity index (χ3v) is 3.55. The van der Waals surface area contributed by atoms with Gasteiger partial charge in [-0.1, -0.05) is 26.0 Å². The summed E-state index contributed by atoms with van der Waals surface area (Å²) >= 11 is 0.